The number of nitrogens with one attached hydrogen (secondary N) is 2. The van der Waals surface area contributed by atoms with Crippen molar-refractivity contribution in [2.45, 2.75) is 31.2 Å². The van der Waals surface area contributed by atoms with Crippen LogP contribution in [0.2, 0.25) is 0 Å². The van der Waals surface area contributed by atoms with Crippen molar-refractivity contribution < 1.29 is 4.79 Å². The summed E-state index contributed by atoms with van der Waals surface area (Å²) < 4.78 is 0. The maximum Gasteiger partial charge on any atom is 0.317 e. The predicted molar refractivity (Wildman–Crippen MR) is 122 cm³/mol. The highest BCUT2D eigenvalue weighted by Crippen LogP contribution is 2.47. The van der Waals surface area contributed by atoms with Gasteiger partial charge in [0.05, 0.1) is 5.69 Å². The van der Waals surface area contributed by atoms with Crippen molar-refractivity contribution in [1.82, 2.24) is 20.2 Å². The second-order valence-corrected chi connectivity index (χ2v) is 8.45. The van der Waals surface area contributed by atoms with Gasteiger partial charge in [0.2, 0.25) is 5.95 Å². The second-order valence-electron chi connectivity index (χ2n) is 8.45. The highest BCUT2D eigenvalue weighted by Gasteiger charge is 2.42. The maximum absolute atomic E-state index is 12.7. The SMILES string of the molecule is CNc1ncc2c(n1)-c1ccccc1C1(CCN(C(=O)NCc3ccccc3)CC1)C2. The van der Waals surface area contributed by atoms with Crippen LogP contribution in [-0.2, 0) is 18.4 Å². The van der Waals surface area contributed by atoms with Gasteiger partial charge in [-0.3, -0.25) is 0 Å². The Labute approximate surface area is 182 Å². The number of likely N-dealkylation sites (tertiary alicyclic amines) is 1. The summed E-state index contributed by atoms with van der Waals surface area (Å²) in [6.45, 7) is 2.06. The molecule has 1 spiro atoms. The lowest BCUT2D eigenvalue weighted by molar-refractivity contribution is 0.156. The Morgan fingerprint density at radius 1 is 1.06 bits per heavy atom. The summed E-state index contributed by atoms with van der Waals surface area (Å²) in [5.74, 6) is 0.648. The van der Waals surface area contributed by atoms with Gasteiger partial charge in [-0.1, -0.05) is 54.6 Å². The first kappa shape index (κ1) is 19.5. The Morgan fingerprint density at radius 2 is 1.81 bits per heavy atom. The lowest BCUT2D eigenvalue weighted by Crippen LogP contribution is -2.50. The Morgan fingerprint density at radius 3 is 2.58 bits per heavy atom. The summed E-state index contributed by atoms with van der Waals surface area (Å²) in [5.41, 5.74) is 5.92. The Balaban J connectivity index is 1.33. The smallest absolute Gasteiger partial charge is 0.317 e. The second kappa shape index (κ2) is 8.02. The fourth-order valence-electron chi connectivity index (χ4n) is 4.97. The van der Waals surface area contributed by atoms with E-state index in [4.69, 9.17) is 4.98 Å². The monoisotopic (exact) mass is 413 g/mol. The van der Waals surface area contributed by atoms with Crippen molar-refractivity contribution >= 4 is 12.0 Å². The number of aromatic nitrogens is 2. The van der Waals surface area contributed by atoms with Crippen LogP contribution in [0.1, 0.15) is 29.5 Å². The molecule has 158 valence electrons. The van der Waals surface area contributed by atoms with Crippen LogP contribution in [0.25, 0.3) is 11.3 Å². The number of fused-ring (bicyclic) bond motifs is 4. The summed E-state index contributed by atoms with van der Waals surface area (Å²) in [6, 6.07) is 18.7. The fraction of sp³-hybridized carbons (Fsp3) is 0.320. The lowest BCUT2D eigenvalue weighted by atomic mass is 9.64. The molecule has 2 aromatic carbocycles. The maximum atomic E-state index is 12.7. The Kier molecular flexibility index (Phi) is 5.06. The third kappa shape index (κ3) is 3.63. The molecule has 31 heavy (non-hydrogen) atoms. The van der Waals surface area contributed by atoms with Crippen LogP contribution in [0.5, 0.6) is 0 Å². The number of piperidine rings is 1. The minimum absolute atomic E-state index is 0.0187. The van der Waals surface area contributed by atoms with Gasteiger partial charge in [0, 0.05) is 43.9 Å². The lowest BCUT2D eigenvalue weighted by Gasteiger charge is -2.45. The molecule has 2 amide bonds. The molecule has 5 rings (SSSR count). The molecule has 6 nitrogen and oxygen atoms in total. The molecule has 1 aliphatic heterocycles. The average molecular weight is 414 g/mol. The van der Waals surface area contributed by atoms with Crippen LogP contribution in [0.15, 0.2) is 60.8 Å². The molecule has 0 saturated carbocycles. The van der Waals surface area contributed by atoms with Crippen LogP contribution >= 0.6 is 0 Å². The summed E-state index contributed by atoms with van der Waals surface area (Å²) in [5, 5.41) is 6.12. The number of urea groups is 1. The first-order valence-electron chi connectivity index (χ1n) is 10.9. The molecule has 0 bridgehead atoms. The molecule has 1 aromatic heterocycles. The number of carbonyl (C=O) groups is 1. The number of amides is 2. The molecule has 3 aromatic rings. The third-order valence-electron chi connectivity index (χ3n) is 6.66. The van der Waals surface area contributed by atoms with Gasteiger partial charge in [-0.25, -0.2) is 14.8 Å². The minimum atomic E-state index is 0.0187. The summed E-state index contributed by atoms with van der Waals surface area (Å²) in [7, 11) is 1.84. The zero-order valence-electron chi connectivity index (χ0n) is 17.8. The normalized spacial score (nSPS) is 16.4. The highest BCUT2D eigenvalue weighted by atomic mass is 16.2. The van der Waals surface area contributed by atoms with E-state index in [0.717, 1.165) is 43.6 Å². The molecule has 1 fully saturated rings. The topological polar surface area (TPSA) is 70.2 Å². The Bertz CT molecular complexity index is 1090. The van der Waals surface area contributed by atoms with Gasteiger partial charge in [0.15, 0.2) is 0 Å². The van der Waals surface area contributed by atoms with Crippen LogP contribution in [0.3, 0.4) is 0 Å². The molecular weight excluding hydrogens is 386 g/mol. The van der Waals surface area contributed by atoms with Gasteiger partial charge in [-0.05, 0) is 36.0 Å². The molecule has 0 unspecified atom stereocenters. The van der Waals surface area contributed by atoms with Crippen molar-refractivity contribution in [2.75, 3.05) is 25.5 Å². The van der Waals surface area contributed by atoms with Crippen molar-refractivity contribution in [1.29, 1.82) is 0 Å². The molecule has 1 saturated heterocycles. The van der Waals surface area contributed by atoms with Crippen LogP contribution < -0.4 is 10.6 Å². The molecule has 2 N–H and O–H groups in total. The average Bonchev–Trinajstić information content (AvgIpc) is 2.84. The number of nitrogens with zero attached hydrogens (tertiary/aromatic N) is 3. The summed E-state index contributed by atoms with van der Waals surface area (Å²) in [4.78, 5) is 23.9. The van der Waals surface area contributed by atoms with Gasteiger partial charge in [0.1, 0.15) is 0 Å². The van der Waals surface area contributed by atoms with Gasteiger partial charge >= 0.3 is 6.03 Å². The fourth-order valence-corrected chi connectivity index (χ4v) is 4.97. The van der Waals surface area contributed by atoms with Crippen molar-refractivity contribution in [3.8, 4) is 11.3 Å². The number of hydrogen-bond donors (Lipinski definition) is 2. The van der Waals surface area contributed by atoms with Gasteiger partial charge in [-0.2, -0.15) is 0 Å². The molecule has 0 atom stereocenters. The molecule has 1 aliphatic carbocycles. The van der Waals surface area contributed by atoms with E-state index in [0.29, 0.717) is 12.5 Å². The van der Waals surface area contributed by atoms with E-state index in [-0.39, 0.29) is 11.4 Å². The van der Waals surface area contributed by atoms with Crippen molar-refractivity contribution in [3.05, 3.63) is 77.5 Å². The van der Waals surface area contributed by atoms with Crippen LogP contribution in [-0.4, -0.2) is 41.0 Å². The van der Waals surface area contributed by atoms with E-state index in [2.05, 4.69) is 39.9 Å². The zero-order chi connectivity index (χ0) is 21.3. The zero-order valence-corrected chi connectivity index (χ0v) is 17.8. The van der Waals surface area contributed by atoms with Crippen LogP contribution in [0.4, 0.5) is 10.7 Å². The number of anilines is 1. The van der Waals surface area contributed by atoms with E-state index >= 15 is 0 Å². The first-order chi connectivity index (χ1) is 15.2. The predicted octanol–water partition coefficient (Wildman–Crippen LogP) is 3.98. The molecular formula is C25H27N5O. The quantitative estimate of drug-likeness (QED) is 0.681. The van der Waals surface area contributed by atoms with E-state index in [1.807, 2.05) is 48.5 Å². The van der Waals surface area contributed by atoms with E-state index in [1.165, 1.54) is 16.7 Å². The number of carbonyl (C=O) groups excluding carboxylic acids is 1. The molecule has 6 heteroatoms. The van der Waals surface area contributed by atoms with Crippen molar-refractivity contribution in [2.24, 2.45) is 0 Å². The largest absolute Gasteiger partial charge is 0.357 e. The van der Waals surface area contributed by atoms with E-state index in [9.17, 15) is 4.79 Å². The molecule has 2 aliphatic rings. The van der Waals surface area contributed by atoms with Crippen LogP contribution in [0, 0.1) is 0 Å². The molecule has 2 heterocycles. The number of rotatable bonds is 3. The minimum Gasteiger partial charge on any atom is -0.357 e. The van der Waals surface area contributed by atoms with Crippen molar-refractivity contribution in [3.63, 3.8) is 0 Å². The van der Waals surface area contributed by atoms with Gasteiger partial charge in [0.25, 0.3) is 0 Å². The highest BCUT2D eigenvalue weighted by molar-refractivity contribution is 5.75. The standard InChI is InChI=1S/C25H27N5O/c1-26-23-27-17-19-15-25(21-10-6-5-9-20(21)22(19)29-23)11-13-30(14-12-25)24(31)28-16-18-7-3-2-4-8-18/h2-10,17H,11-16H2,1H3,(H,28,31)(H,26,27,29). The van der Waals surface area contributed by atoms with E-state index < -0.39 is 0 Å². The van der Waals surface area contributed by atoms with Gasteiger partial charge < -0.3 is 15.5 Å². The first-order valence-corrected chi connectivity index (χ1v) is 10.9. The third-order valence-corrected chi connectivity index (χ3v) is 6.66. The summed E-state index contributed by atoms with van der Waals surface area (Å²) in [6.07, 6.45) is 4.76. The Hall–Kier alpha value is -3.41. The van der Waals surface area contributed by atoms with E-state index in [1.54, 1.807) is 0 Å². The summed E-state index contributed by atoms with van der Waals surface area (Å²) >= 11 is 0. The number of benzene rings is 2. The number of hydrogen-bond acceptors (Lipinski definition) is 4. The molecule has 0 radical (unpaired) electrons. The van der Waals surface area contributed by atoms with Gasteiger partial charge in [-0.15, -0.1) is 0 Å².